The van der Waals surface area contributed by atoms with E-state index in [4.69, 9.17) is 4.79 Å². The average molecular weight is 354 g/mol. The maximum Gasteiger partial charge on any atom is 2.00 e. The zero-order chi connectivity index (χ0) is 3.58. The molecule has 7 heavy (non-hydrogen) atoms. The van der Waals surface area contributed by atoms with Crippen molar-refractivity contribution in [2.45, 2.75) is 0 Å². The first-order valence-corrected chi connectivity index (χ1v) is 0.781. The van der Waals surface area contributed by atoms with Crippen LogP contribution < -0.4 is 59.4 Å². The summed E-state index contributed by atoms with van der Waals surface area (Å²) in [5.41, 5.74) is 8.50. The van der Waals surface area contributed by atoms with Crippen LogP contribution in [0.15, 0.2) is 0 Å². The molecule has 0 saturated heterocycles. The van der Waals surface area contributed by atoms with Crippen LogP contribution in [-0.4, -0.2) is 43.8 Å². The molecule has 0 aliphatic rings. The molecule has 0 aliphatic heterocycles. The molecular formula is CH4CaI2N2O. The van der Waals surface area contributed by atoms with Crippen LogP contribution in [0.4, 0.5) is 4.79 Å². The van der Waals surface area contributed by atoms with Crippen molar-refractivity contribution in [3.63, 3.8) is 0 Å². The van der Waals surface area contributed by atoms with Gasteiger partial charge in [-0.15, -0.1) is 0 Å². The van der Waals surface area contributed by atoms with Gasteiger partial charge in [0, 0.05) is 0 Å². The Morgan fingerprint density at radius 2 is 1.14 bits per heavy atom. The molecule has 0 radical (unpaired) electrons. The molecule has 0 atom stereocenters. The van der Waals surface area contributed by atoms with Gasteiger partial charge >= 0.3 is 43.8 Å². The van der Waals surface area contributed by atoms with Crippen LogP contribution in [0.5, 0.6) is 0 Å². The molecule has 0 aliphatic carbocycles. The predicted octanol–water partition coefficient (Wildman–Crippen LogP) is -7.35. The molecule has 0 rings (SSSR count). The minimum absolute atomic E-state index is 0. The van der Waals surface area contributed by atoms with Gasteiger partial charge in [0.05, 0.1) is 0 Å². The van der Waals surface area contributed by atoms with Crippen LogP contribution in [0, 0.1) is 0 Å². The summed E-state index contributed by atoms with van der Waals surface area (Å²) in [6.07, 6.45) is 0. The van der Waals surface area contributed by atoms with E-state index in [-0.39, 0.29) is 85.7 Å². The number of hydrogen-bond donors (Lipinski definition) is 2. The van der Waals surface area contributed by atoms with Crippen LogP contribution in [0.2, 0.25) is 0 Å². The van der Waals surface area contributed by atoms with Crippen LogP contribution in [0.3, 0.4) is 0 Å². The molecule has 4 N–H and O–H groups in total. The molecular weight excluding hydrogens is 350 g/mol. The monoisotopic (exact) mass is 354 g/mol. The number of hydrogen-bond acceptors (Lipinski definition) is 1. The molecule has 0 saturated carbocycles. The zero-order valence-corrected chi connectivity index (χ0v) is 10.0. The Morgan fingerprint density at radius 3 is 1.14 bits per heavy atom. The number of carbonyl (C=O) groups excluding carboxylic acids is 1. The summed E-state index contributed by atoms with van der Waals surface area (Å²) >= 11 is 0. The van der Waals surface area contributed by atoms with E-state index in [1.165, 1.54) is 0 Å². The molecule has 0 unspecified atom stereocenters. The number of rotatable bonds is 0. The molecule has 0 spiro atoms. The number of primary amides is 2. The molecule has 0 fully saturated rings. The minimum Gasteiger partial charge on any atom is -1.00 e. The third-order valence-electron chi connectivity index (χ3n) is 0. The molecule has 0 bridgehead atoms. The average Bonchev–Trinajstić information content (AvgIpc) is 0.811. The number of nitrogens with two attached hydrogens (primary N) is 2. The van der Waals surface area contributed by atoms with E-state index < -0.39 is 6.03 Å². The third-order valence-corrected chi connectivity index (χ3v) is 0. The number of carbonyl (C=O) groups is 1. The largest absolute Gasteiger partial charge is 2.00 e. The fraction of sp³-hybridized carbons (Fsp3) is 0. The fourth-order valence-electron chi connectivity index (χ4n) is 0. The summed E-state index contributed by atoms with van der Waals surface area (Å²) < 4.78 is 0. The van der Waals surface area contributed by atoms with Gasteiger partial charge in [-0.05, 0) is 0 Å². The van der Waals surface area contributed by atoms with Crippen LogP contribution in [0.25, 0.3) is 0 Å². The van der Waals surface area contributed by atoms with Gasteiger partial charge in [0.25, 0.3) is 0 Å². The second kappa shape index (κ2) is 15.7. The van der Waals surface area contributed by atoms with E-state index in [0.717, 1.165) is 0 Å². The Bertz CT molecular complexity index is 38.7. The quantitative estimate of drug-likeness (QED) is 0.330. The Kier molecular flexibility index (Phi) is 51.6. The predicted molar refractivity (Wildman–Crippen MR) is 19.5 cm³/mol. The maximum atomic E-state index is 9.00. The Labute approximate surface area is 106 Å². The van der Waals surface area contributed by atoms with Crippen molar-refractivity contribution in [3.05, 3.63) is 0 Å². The number of amides is 2. The molecule has 2 amide bonds. The normalized spacial score (nSPS) is 3.43. The van der Waals surface area contributed by atoms with Crippen LogP contribution in [-0.2, 0) is 0 Å². The van der Waals surface area contributed by atoms with Crippen molar-refractivity contribution in [1.82, 2.24) is 0 Å². The number of urea groups is 1. The van der Waals surface area contributed by atoms with E-state index in [1.807, 2.05) is 0 Å². The summed E-state index contributed by atoms with van der Waals surface area (Å²) in [5, 5.41) is 0. The first-order chi connectivity index (χ1) is 1.73. The summed E-state index contributed by atoms with van der Waals surface area (Å²) in [6.45, 7) is 0. The third kappa shape index (κ3) is 72.4. The smallest absolute Gasteiger partial charge is 1.00 e. The fourth-order valence-corrected chi connectivity index (χ4v) is 0. The Balaban J connectivity index is -0.0000000150. The van der Waals surface area contributed by atoms with Gasteiger partial charge < -0.3 is 59.4 Å². The zero-order valence-electron chi connectivity index (χ0n) is 3.53. The second-order valence-corrected chi connectivity index (χ2v) is 0.402. The van der Waals surface area contributed by atoms with Gasteiger partial charge in [0.15, 0.2) is 0 Å². The van der Waals surface area contributed by atoms with Gasteiger partial charge in [-0.1, -0.05) is 0 Å². The first kappa shape index (κ1) is 23.0. The Morgan fingerprint density at radius 1 is 1.14 bits per heavy atom. The van der Waals surface area contributed by atoms with Crippen molar-refractivity contribution < 1.29 is 52.7 Å². The Hall–Kier alpha value is 1.99. The topological polar surface area (TPSA) is 69.1 Å². The van der Waals surface area contributed by atoms with Gasteiger partial charge in [0.2, 0.25) is 0 Å². The molecule has 0 heterocycles. The molecule has 0 aromatic rings. The van der Waals surface area contributed by atoms with E-state index in [0.29, 0.717) is 0 Å². The van der Waals surface area contributed by atoms with Crippen LogP contribution >= 0.6 is 0 Å². The summed E-state index contributed by atoms with van der Waals surface area (Å²) in [4.78, 5) is 9.00. The van der Waals surface area contributed by atoms with Crippen molar-refractivity contribution >= 4 is 43.8 Å². The van der Waals surface area contributed by atoms with E-state index in [9.17, 15) is 0 Å². The van der Waals surface area contributed by atoms with Crippen molar-refractivity contribution in [2.24, 2.45) is 11.5 Å². The molecule has 3 nitrogen and oxygen atoms in total. The maximum absolute atomic E-state index is 9.00. The van der Waals surface area contributed by atoms with Gasteiger partial charge in [-0.25, -0.2) is 4.79 Å². The van der Waals surface area contributed by atoms with E-state index >= 15 is 0 Å². The number of halogens is 2. The molecule has 6 heteroatoms. The first-order valence-electron chi connectivity index (χ1n) is 0.781. The summed E-state index contributed by atoms with van der Waals surface area (Å²) in [5.74, 6) is 0. The van der Waals surface area contributed by atoms with E-state index in [1.54, 1.807) is 0 Å². The summed E-state index contributed by atoms with van der Waals surface area (Å²) in [6, 6.07) is -0.833. The van der Waals surface area contributed by atoms with Gasteiger partial charge in [0.1, 0.15) is 0 Å². The molecule has 0 aromatic heterocycles. The van der Waals surface area contributed by atoms with Crippen molar-refractivity contribution in [3.8, 4) is 0 Å². The van der Waals surface area contributed by atoms with Crippen molar-refractivity contribution in [2.75, 3.05) is 0 Å². The molecule has 0 aromatic carbocycles. The van der Waals surface area contributed by atoms with Crippen molar-refractivity contribution in [1.29, 1.82) is 0 Å². The van der Waals surface area contributed by atoms with Crippen LogP contribution in [0.1, 0.15) is 0 Å². The van der Waals surface area contributed by atoms with E-state index in [2.05, 4.69) is 11.5 Å². The summed E-state index contributed by atoms with van der Waals surface area (Å²) in [7, 11) is 0. The minimum atomic E-state index is -0.833. The second-order valence-electron chi connectivity index (χ2n) is 0.402. The molecule has 40 valence electrons. The van der Waals surface area contributed by atoms with Gasteiger partial charge in [-0.2, -0.15) is 0 Å². The van der Waals surface area contributed by atoms with Gasteiger partial charge in [-0.3, -0.25) is 0 Å². The SMILES string of the molecule is NC(N)=O.[Ca+2].[I-].[I-]. The standard InChI is InChI=1S/CH4N2O.Ca.2HI/c2-1(3)4;;;/h(H4,2,3,4);;2*1H/q;+2;;/p-2.